The van der Waals surface area contributed by atoms with Gasteiger partial charge in [-0.05, 0) is 61.0 Å². The lowest BCUT2D eigenvalue weighted by Gasteiger charge is -2.14. The van der Waals surface area contributed by atoms with Gasteiger partial charge in [0.05, 0.1) is 30.3 Å². The molecule has 0 saturated carbocycles. The molecule has 1 N–H and O–H groups in total. The Morgan fingerprint density at radius 2 is 1.69 bits per heavy atom. The van der Waals surface area contributed by atoms with Crippen LogP contribution in [-0.2, 0) is 24.4 Å². The van der Waals surface area contributed by atoms with Crippen LogP contribution in [0.15, 0.2) is 74.9 Å². The number of halogens is 2. The van der Waals surface area contributed by atoms with E-state index in [9.17, 15) is 19.2 Å². The van der Waals surface area contributed by atoms with Crippen molar-refractivity contribution in [2.75, 3.05) is 0 Å². The largest absolute Gasteiger partial charge is 0.467 e. The summed E-state index contributed by atoms with van der Waals surface area (Å²) >= 11 is 12.0. The summed E-state index contributed by atoms with van der Waals surface area (Å²) in [5.41, 5.74) is -0.513. The maximum Gasteiger partial charge on any atom is 0.331 e. The first-order chi connectivity index (χ1) is 16.8. The minimum atomic E-state index is -0.650. The number of carbonyl (C=O) groups is 2. The van der Waals surface area contributed by atoms with Crippen LogP contribution in [0.4, 0.5) is 0 Å². The Kier molecular flexibility index (Phi) is 7.53. The summed E-state index contributed by atoms with van der Waals surface area (Å²) in [6, 6.07) is 14.3. The second-order valence-electron chi connectivity index (χ2n) is 7.88. The van der Waals surface area contributed by atoms with Gasteiger partial charge in [-0.15, -0.1) is 0 Å². The van der Waals surface area contributed by atoms with Crippen molar-refractivity contribution in [3.63, 3.8) is 0 Å². The molecule has 0 aliphatic heterocycles. The highest BCUT2D eigenvalue weighted by Gasteiger charge is 2.17. The van der Waals surface area contributed by atoms with Crippen LogP contribution >= 0.6 is 23.2 Å². The Morgan fingerprint density at radius 1 is 0.943 bits per heavy atom. The zero-order valence-electron chi connectivity index (χ0n) is 18.5. The zero-order valence-corrected chi connectivity index (χ0v) is 20.0. The van der Waals surface area contributed by atoms with Crippen LogP contribution in [0.25, 0.3) is 10.9 Å². The second-order valence-corrected chi connectivity index (χ2v) is 8.75. The first-order valence-corrected chi connectivity index (χ1v) is 11.6. The predicted octanol–water partition coefficient (Wildman–Crippen LogP) is 4.04. The van der Waals surface area contributed by atoms with Crippen molar-refractivity contribution in [1.29, 1.82) is 0 Å². The molecule has 10 heteroatoms. The molecule has 0 bridgehead atoms. The molecule has 2 aromatic carbocycles. The summed E-state index contributed by atoms with van der Waals surface area (Å²) < 4.78 is 7.45. The van der Waals surface area contributed by atoms with Crippen molar-refractivity contribution < 1.29 is 14.0 Å². The maximum atomic E-state index is 13.3. The Morgan fingerprint density at radius 3 is 2.40 bits per heavy atom. The zero-order chi connectivity index (χ0) is 24.9. The number of furan rings is 1. The minimum Gasteiger partial charge on any atom is -0.467 e. The van der Waals surface area contributed by atoms with Crippen molar-refractivity contribution >= 4 is 45.8 Å². The molecular formula is C25H21Cl2N3O5. The minimum absolute atomic E-state index is 0.0134. The standard InChI is InChI=1S/C25H21Cl2N3O5/c26-17-7-5-16(6-8-17)22(31)15-30-21-13-18(27)9-10-20(21)24(33)29(25(30)34)11-1-4-23(32)28-14-19-3-2-12-35-19/h2-3,5-10,12-13H,1,4,11,14-15H2,(H,28,32). The number of Topliss-reactive ketones (excluding diaryl/α,β-unsaturated/α-hetero) is 1. The van der Waals surface area contributed by atoms with Crippen LogP contribution in [0.1, 0.15) is 29.0 Å². The second kappa shape index (κ2) is 10.8. The smallest absolute Gasteiger partial charge is 0.331 e. The van der Waals surface area contributed by atoms with Crippen LogP contribution < -0.4 is 16.6 Å². The van der Waals surface area contributed by atoms with Crippen molar-refractivity contribution in [2.45, 2.75) is 32.5 Å². The van der Waals surface area contributed by atoms with Gasteiger partial charge in [0.2, 0.25) is 5.91 Å². The normalized spacial score (nSPS) is 11.0. The van der Waals surface area contributed by atoms with Crippen molar-refractivity contribution in [3.05, 3.63) is 103 Å². The topological polar surface area (TPSA) is 103 Å². The predicted molar refractivity (Wildman–Crippen MR) is 133 cm³/mol. The summed E-state index contributed by atoms with van der Waals surface area (Å²) in [4.78, 5) is 51.4. The van der Waals surface area contributed by atoms with Gasteiger partial charge in [-0.2, -0.15) is 0 Å². The molecule has 1 amide bonds. The summed E-state index contributed by atoms with van der Waals surface area (Å²) in [6.07, 6.45) is 1.88. The Hall–Kier alpha value is -3.62. The first kappa shape index (κ1) is 24.5. The molecule has 0 fully saturated rings. The van der Waals surface area contributed by atoms with E-state index in [1.165, 1.54) is 23.0 Å². The number of nitrogens with one attached hydrogen (secondary N) is 1. The lowest BCUT2D eigenvalue weighted by Crippen LogP contribution is -2.41. The van der Waals surface area contributed by atoms with Crippen molar-refractivity contribution in [1.82, 2.24) is 14.5 Å². The molecule has 0 spiro atoms. The SMILES string of the molecule is O=C(CCCn1c(=O)c2ccc(Cl)cc2n(CC(=O)c2ccc(Cl)cc2)c1=O)NCc1ccco1. The lowest BCUT2D eigenvalue weighted by molar-refractivity contribution is -0.121. The number of benzene rings is 2. The fraction of sp³-hybridized carbons (Fsp3) is 0.200. The van der Waals surface area contributed by atoms with E-state index in [4.69, 9.17) is 27.6 Å². The van der Waals surface area contributed by atoms with Crippen molar-refractivity contribution in [3.8, 4) is 0 Å². The van der Waals surface area contributed by atoms with Gasteiger partial charge in [0.1, 0.15) is 5.76 Å². The van der Waals surface area contributed by atoms with E-state index in [1.807, 2.05) is 0 Å². The average Bonchev–Trinajstić information content (AvgIpc) is 3.36. The molecule has 0 radical (unpaired) electrons. The number of nitrogens with zero attached hydrogens (tertiary/aromatic N) is 2. The molecule has 35 heavy (non-hydrogen) atoms. The molecule has 4 rings (SSSR count). The van der Waals surface area contributed by atoms with Crippen LogP contribution in [0.5, 0.6) is 0 Å². The Labute approximate surface area is 209 Å². The van der Waals surface area contributed by atoms with Crippen LogP contribution in [-0.4, -0.2) is 20.8 Å². The average molecular weight is 514 g/mol. The Balaban J connectivity index is 1.57. The van der Waals surface area contributed by atoms with Gasteiger partial charge < -0.3 is 9.73 Å². The number of carbonyl (C=O) groups excluding carboxylic acids is 2. The fourth-order valence-electron chi connectivity index (χ4n) is 3.70. The highest BCUT2D eigenvalue weighted by Crippen LogP contribution is 2.17. The van der Waals surface area contributed by atoms with Crippen LogP contribution in [0, 0.1) is 0 Å². The van der Waals surface area contributed by atoms with E-state index in [0.29, 0.717) is 21.4 Å². The maximum absolute atomic E-state index is 13.3. The number of rotatable bonds is 9. The molecule has 0 aliphatic carbocycles. The van der Waals surface area contributed by atoms with E-state index in [1.54, 1.807) is 42.5 Å². The summed E-state index contributed by atoms with van der Waals surface area (Å²) in [6.45, 7) is -0.0249. The highest BCUT2D eigenvalue weighted by molar-refractivity contribution is 6.31. The third-order valence-electron chi connectivity index (χ3n) is 5.48. The van der Waals surface area contributed by atoms with E-state index in [-0.39, 0.29) is 55.1 Å². The van der Waals surface area contributed by atoms with Gasteiger partial charge in [-0.3, -0.25) is 23.5 Å². The van der Waals surface area contributed by atoms with Gasteiger partial charge in [0, 0.05) is 28.6 Å². The molecule has 0 aliphatic rings. The third kappa shape index (κ3) is 5.72. The first-order valence-electron chi connectivity index (χ1n) is 10.8. The summed E-state index contributed by atoms with van der Waals surface area (Å²) in [5, 5.41) is 3.79. The quantitative estimate of drug-likeness (QED) is 0.340. The number of hydrogen-bond donors (Lipinski definition) is 1. The van der Waals surface area contributed by atoms with Gasteiger partial charge in [0.15, 0.2) is 5.78 Å². The molecule has 0 saturated heterocycles. The monoisotopic (exact) mass is 513 g/mol. The van der Waals surface area contributed by atoms with E-state index < -0.39 is 11.2 Å². The molecule has 2 heterocycles. The van der Waals surface area contributed by atoms with Crippen molar-refractivity contribution in [2.24, 2.45) is 0 Å². The summed E-state index contributed by atoms with van der Waals surface area (Å²) in [5.74, 6) is 0.0591. The molecule has 4 aromatic rings. The lowest BCUT2D eigenvalue weighted by atomic mass is 10.1. The van der Waals surface area contributed by atoms with Gasteiger partial charge in [-0.1, -0.05) is 23.2 Å². The molecule has 0 atom stereocenters. The summed E-state index contributed by atoms with van der Waals surface area (Å²) in [7, 11) is 0. The van der Waals surface area contributed by atoms with Crippen LogP contribution in [0.3, 0.4) is 0 Å². The highest BCUT2D eigenvalue weighted by atomic mass is 35.5. The third-order valence-corrected chi connectivity index (χ3v) is 5.97. The number of ketones is 1. The number of amides is 1. The van der Waals surface area contributed by atoms with Gasteiger partial charge >= 0.3 is 5.69 Å². The van der Waals surface area contributed by atoms with E-state index in [2.05, 4.69) is 5.32 Å². The molecule has 2 aromatic heterocycles. The number of hydrogen-bond acceptors (Lipinski definition) is 5. The van der Waals surface area contributed by atoms with Crippen LogP contribution in [0.2, 0.25) is 10.0 Å². The molecule has 180 valence electrons. The molecular weight excluding hydrogens is 493 g/mol. The number of aromatic nitrogens is 2. The van der Waals surface area contributed by atoms with Gasteiger partial charge in [-0.25, -0.2) is 4.79 Å². The van der Waals surface area contributed by atoms with E-state index in [0.717, 1.165) is 4.57 Å². The number of fused-ring (bicyclic) bond motifs is 1. The molecule has 8 nitrogen and oxygen atoms in total. The molecule has 0 unspecified atom stereocenters. The fourth-order valence-corrected chi connectivity index (χ4v) is 3.99. The van der Waals surface area contributed by atoms with E-state index >= 15 is 0 Å². The van der Waals surface area contributed by atoms with Gasteiger partial charge in [0.25, 0.3) is 5.56 Å². The Bertz CT molecular complexity index is 1490.